The van der Waals surface area contributed by atoms with Crippen molar-refractivity contribution in [1.29, 1.82) is 0 Å². The summed E-state index contributed by atoms with van der Waals surface area (Å²) in [6.45, 7) is 2.67. The lowest BCUT2D eigenvalue weighted by molar-refractivity contribution is -0.164. The zero-order valence-corrected chi connectivity index (χ0v) is 12.6. The molecule has 20 heavy (non-hydrogen) atoms. The summed E-state index contributed by atoms with van der Waals surface area (Å²) in [4.78, 5) is 2.45. The van der Waals surface area contributed by atoms with Crippen molar-refractivity contribution in [2.75, 3.05) is 26.3 Å². The maximum atomic E-state index is 9.33. The van der Waals surface area contributed by atoms with Crippen LogP contribution in [0.2, 0.25) is 0 Å². The molecule has 1 saturated heterocycles. The fourth-order valence-electron chi connectivity index (χ4n) is 4.14. The van der Waals surface area contributed by atoms with Crippen LogP contribution < -0.4 is 0 Å². The molecular weight excluding hydrogens is 254 g/mol. The van der Waals surface area contributed by atoms with Crippen molar-refractivity contribution < 1.29 is 14.6 Å². The van der Waals surface area contributed by atoms with E-state index in [1.165, 1.54) is 44.9 Å². The molecule has 4 nitrogen and oxygen atoms in total. The molecule has 1 atom stereocenters. The van der Waals surface area contributed by atoms with Gasteiger partial charge >= 0.3 is 0 Å². The Bertz CT molecular complexity index is 298. The first-order valence-electron chi connectivity index (χ1n) is 8.48. The van der Waals surface area contributed by atoms with Crippen LogP contribution in [-0.4, -0.2) is 54.2 Å². The van der Waals surface area contributed by atoms with Crippen LogP contribution in [0.3, 0.4) is 0 Å². The molecule has 0 radical (unpaired) electrons. The molecule has 3 fully saturated rings. The highest BCUT2D eigenvalue weighted by Gasteiger charge is 2.44. The second kappa shape index (κ2) is 6.73. The van der Waals surface area contributed by atoms with Crippen LogP contribution in [0.15, 0.2) is 0 Å². The van der Waals surface area contributed by atoms with Gasteiger partial charge in [0.2, 0.25) is 0 Å². The third kappa shape index (κ3) is 3.35. The average molecular weight is 283 g/mol. The molecule has 1 spiro atoms. The standard InChI is InChI=1S/C16H29NO3/c18-11-10-17(14-6-2-1-3-7-14)12-15-13-19-16(20-15)8-4-5-9-16/h14-15,18H,1-13H2. The van der Waals surface area contributed by atoms with Gasteiger partial charge < -0.3 is 14.6 Å². The van der Waals surface area contributed by atoms with Gasteiger partial charge in [-0.2, -0.15) is 0 Å². The lowest BCUT2D eigenvalue weighted by atomic mass is 9.94. The smallest absolute Gasteiger partial charge is 0.168 e. The van der Waals surface area contributed by atoms with E-state index in [-0.39, 0.29) is 18.5 Å². The van der Waals surface area contributed by atoms with E-state index in [0.29, 0.717) is 6.04 Å². The van der Waals surface area contributed by atoms with Gasteiger partial charge in [0.05, 0.1) is 19.3 Å². The van der Waals surface area contributed by atoms with E-state index in [0.717, 1.165) is 32.5 Å². The van der Waals surface area contributed by atoms with Crippen molar-refractivity contribution in [1.82, 2.24) is 4.90 Å². The third-order valence-electron chi connectivity index (χ3n) is 5.20. The molecule has 1 heterocycles. The molecule has 116 valence electrons. The Labute approximate surface area is 122 Å². The average Bonchev–Trinajstić information content (AvgIpc) is 3.10. The Kier molecular flexibility index (Phi) is 4.97. The number of nitrogens with zero attached hydrogens (tertiary/aromatic N) is 1. The molecule has 4 heteroatoms. The van der Waals surface area contributed by atoms with Gasteiger partial charge in [0.15, 0.2) is 5.79 Å². The van der Waals surface area contributed by atoms with Crippen molar-refractivity contribution in [2.24, 2.45) is 0 Å². The zero-order valence-electron chi connectivity index (χ0n) is 12.6. The van der Waals surface area contributed by atoms with Crippen LogP contribution in [0.4, 0.5) is 0 Å². The zero-order chi connectivity index (χ0) is 13.8. The van der Waals surface area contributed by atoms with Crippen molar-refractivity contribution in [3.8, 4) is 0 Å². The van der Waals surface area contributed by atoms with Gasteiger partial charge in [-0.25, -0.2) is 0 Å². The van der Waals surface area contributed by atoms with E-state index >= 15 is 0 Å². The predicted molar refractivity (Wildman–Crippen MR) is 77.6 cm³/mol. The number of ether oxygens (including phenoxy) is 2. The Morgan fingerprint density at radius 3 is 2.50 bits per heavy atom. The Morgan fingerprint density at radius 1 is 1.05 bits per heavy atom. The van der Waals surface area contributed by atoms with Gasteiger partial charge in [-0.3, -0.25) is 4.90 Å². The van der Waals surface area contributed by atoms with Gasteiger partial charge in [-0.05, 0) is 25.7 Å². The SMILES string of the molecule is OCCN(CC1COC2(CCCC2)O1)C1CCCCC1. The molecule has 1 N–H and O–H groups in total. The monoisotopic (exact) mass is 283 g/mol. The highest BCUT2D eigenvalue weighted by atomic mass is 16.7. The van der Waals surface area contributed by atoms with Gasteiger partial charge in [0.25, 0.3) is 0 Å². The van der Waals surface area contributed by atoms with E-state index in [2.05, 4.69) is 4.90 Å². The fraction of sp³-hybridized carbons (Fsp3) is 1.00. The first-order chi connectivity index (χ1) is 9.81. The van der Waals surface area contributed by atoms with Crippen molar-refractivity contribution in [3.63, 3.8) is 0 Å². The van der Waals surface area contributed by atoms with Crippen LogP contribution in [-0.2, 0) is 9.47 Å². The molecule has 0 aromatic heterocycles. The number of aliphatic hydroxyl groups excluding tert-OH is 1. The van der Waals surface area contributed by atoms with Crippen LogP contribution in [0, 0.1) is 0 Å². The normalized spacial score (nSPS) is 30.6. The van der Waals surface area contributed by atoms with Crippen LogP contribution >= 0.6 is 0 Å². The van der Waals surface area contributed by atoms with Crippen molar-refractivity contribution >= 4 is 0 Å². The maximum Gasteiger partial charge on any atom is 0.168 e. The molecule has 0 bridgehead atoms. The van der Waals surface area contributed by atoms with Gasteiger partial charge in [0, 0.05) is 32.0 Å². The summed E-state index contributed by atoms with van der Waals surface area (Å²) < 4.78 is 12.2. The molecule has 2 saturated carbocycles. The quantitative estimate of drug-likeness (QED) is 0.840. The van der Waals surface area contributed by atoms with E-state index in [1.54, 1.807) is 0 Å². The lowest BCUT2D eigenvalue weighted by Gasteiger charge is -2.35. The number of aliphatic hydroxyl groups is 1. The molecule has 1 unspecified atom stereocenters. The topological polar surface area (TPSA) is 41.9 Å². The summed E-state index contributed by atoms with van der Waals surface area (Å²) in [7, 11) is 0. The van der Waals surface area contributed by atoms with Crippen LogP contribution in [0.5, 0.6) is 0 Å². The van der Waals surface area contributed by atoms with Crippen molar-refractivity contribution in [2.45, 2.75) is 75.7 Å². The maximum absolute atomic E-state index is 9.33. The van der Waals surface area contributed by atoms with Crippen molar-refractivity contribution in [3.05, 3.63) is 0 Å². The molecule has 0 aromatic rings. The lowest BCUT2D eigenvalue weighted by Crippen LogP contribution is -2.44. The summed E-state index contributed by atoms with van der Waals surface area (Å²) in [6, 6.07) is 0.639. The van der Waals surface area contributed by atoms with Crippen LogP contribution in [0.1, 0.15) is 57.8 Å². The molecule has 0 amide bonds. The molecule has 1 aliphatic heterocycles. The molecule has 3 aliphatic rings. The first kappa shape index (κ1) is 14.8. The van der Waals surface area contributed by atoms with E-state index < -0.39 is 0 Å². The van der Waals surface area contributed by atoms with Gasteiger partial charge in [-0.15, -0.1) is 0 Å². The minimum absolute atomic E-state index is 0.196. The molecule has 3 rings (SSSR count). The third-order valence-corrected chi connectivity index (χ3v) is 5.20. The van der Waals surface area contributed by atoms with Gasteiger partial charge in [0.1, 0.15) is 0 Å². The van der Waals surface area contributed by atoms with Gasteiger partial charge in [-0.1, -0.05) is 19.3 Å². The summed E-state index contributed by atoms with van der Waals surface area (Å²) in [5, 5.41) is 9.33. The molecule has 2 aliphatic carbocycles. The number of hydrogen-bond donors (Lipinski definition) is 1. The van der Waals surface area contributed by atoms with E-state index in [1.807, 2.05) is 0 Å². The van der Waals surface area contributed by atoms with E-state index in [9.17, 15) is 5.11 Å². The largest absolute Gasteiger partial charge is 0.395 e. The second-order valence-corrected chi connectivity index (χ2v) is 6.68. The minimum atomic E-state index is -0.248. The summed E-state index contributed by atoms with van der Waals surface area (Å²) >= 11 is 0. The van der Waals surface area contributed by atoms with E-state index in [4.69, 9.17) is 9.47 Å². The summed E-state index contributed by atoms with van der Waals surface area (Å²) in [6.07, 6.45) is 11.4. The Morgan fingerprint density at radius 2 is 1.80 bits per heavy atom. The number of rotatable bonds is 5. The predicted octanol–water partition coefficient (Wildman–Crippen LogP) is 2.30. The summed E-state index contributed by atoms with van der Waals surface area (Å²) in [5.41, 5.74) is 0. The highest BCUT2D eigenvalue weighted by Crippen LogP contribution is 2.39. The number of hydrogen-bond acceptors (Lipinski definition) is 4. The molecule has 0 aromatic carbocycles. The molecular formula is C16H29NO3. The second-order valence-electron chi connectivity index (χ2n) is 6.68. The first-order valence-corrected chi connectivity index (χ1v) is 8.48. The minimum Gasteiger partial charge on any atom is -0.395 e. The van der Waals surface area contributed by atoms with Crippen LogP contribution in [0.25, 0.3) is 0 Å². The fourth-order valence-corrected chi connectivity index (χ4v) is 4.14. The Balaban J connectivity index is 1.53. The highest BCUT2D eigenvalue weighted by molar-refractivity contribution is 4.86. The Hall–Kier alpha value is -0.160. The summed E-state index contributed by atoms with van der Waals surface area (Å²) in [5.74, 6) is -0.248.